The minimum Gasteiger partial charge on any atom is -0.329 e. The number of aromatic nitrogens is 2. The molecule has 0 radical (unpaired) electrons. The van der Waals surface area contributed by atoms with E-state index in [1.165, 1.54) is 11.8 Å². The summed E-state index contributed by atoms with van der Waals surface area (Å²) in [6, 6.07) is 18.5. The number of aromatic amines is 1. The first-order valence-electron chi connectivity index (χ1n) is 8.63. The van der Waals surface area contributed by atoms with Crippen LogP contribution in [0.5, 0.6) is 0 Å². The van der Waals surface area contributed by atoms with Gasteiger partial charge in [-0.05, 0) is 53.4 Å². The van der Waals surface area contributed by atoms with Crippen LogP contribution in [-0.2, 0) is 6.42 Å². The van der Waals surface area contributed by atoms with Gasteiger partial charge in [0.15, 0.2) is 5.78 Å². The maximum absolute atomic E-state index is 13.0. The van der Waals surface area contributed by atoms with Crippen molar-refractivity contribution in [3.05, 3.63) is 99.6 Å². The molecular formula is C22H15ClN2O2S. The van der Waals surface area contributed by atoms with Gasteiger partial charge in [-0.2, -0.15) is 0 Å². The van der Waals surface area contributed by atoms with E-state index in [-0.39, 0.29) is 17.8 Å². The van der Waals surface area contributed by atoms with Crippen LogP contribution in [-0.4, -0.2) is 15.8 Å². The number of hydrogen-bond acceptors (Lipinski definition) is 4. The lowest BCUT2D eigenvalue weighted by Crippen LogP contribution is -2.08. The van der Waals surface area contributed by atoms with E-state index in [9.17, 15) is 9.59 Å². The zero-order valence-electron chi connectivity index (χ0n) is 14.7. The molecule has 2 aromatic heterocycles. The van der Waals surface area contributed by atoms with Gasteiger partial charge >= 0.3 is 0 Å². The maximum atomic E-state index is 13.0. The van der Waals surface area contributed by atoms with Crippen LogP contribution in [0.25, 0.3) is 10.8 Å². The molecule has 28 heavy (non-hydrogen) atoms. The highest BCUT2D eigenvalue weighted by Crippen LogP contribution is 2.30. The van der Waals surface area contributed by atoms with Crippen LogP contribution in [0.2, 0.25) is 5.02 Å². The van der Waals surface area contributed by atoms with Gasteiger partial charge in [0.2, 0.25) is 0 Å². The summed E-state index contributed by atoms with van der Waals surface area (Å²) in [5.74, 6) is -0.0716. The van der Waals surface area contributed by atoms with Crippen molar-refractivity contribution in [3.63, 3.8) is 0 Å². The van der Waals surface area contributed by atoms with Crippen LogP contribution in [0.4, 0.5) is 0 Å². The Morgan fingerprint density at radius 3 is 2.71 bits per heavy atom. The molecule has 0 amide bonds. The van der Waals surface area contributed by atoms with Gasteiger partial charge in [-0.15, -0.1) is 0 Å². The molecule has 1 N–H and O–H groups in total. The Morgan fingerprint density at radius 1 is 1.07 bits per heavy atom. The normalized spacial score (nSPS) is 10.9. The van der Waals surface area contributed by atoms with Gasteiger partial charge in [0, 0.05) is 34.1 Å². The Hall–Kier alpha value is -2.89. The summed E-state index contributed by atoms with van der Waals surface area (Å²) in [7, 11) is 0. The van der Waals surface area contributed by atoms with Crippen LogP contribution in [0.1, 0.15) is 15.9 Å². The lowest BCUT2D eigenvalue weighted by atomic mass is 10.0. The highest BCUT2D eigenvalue weighted by molar-refractivity contribution is 7.99. The average Bonchev–Trinajstić information content (AvgIpc) is 2.70. The highest BCUT2D eigenvalue weighted by atomic mass is 35.5. The number of Topliss-reactive ketones (excluding diaryl/α,β-unsaturated/α-hetero) is 1. The second-order valence-electron chi connectivity index (χ2n) is 6.21. The SMILES string of the molecule is O=C(Cc1cc2cc[nH]c(=O)c2cc1Cl)c1cccnc1Sc1ccccc1. The predicted octanol–water partition coefficient (Wildman–Crippen LogP) is 5.15. The van der Waals surface area contributed by atoms with E-state index < -0.39 is 0 Å². The Balaban J connectivity index is 1.65. The number of nitrogens with one attached hydrogen (secondary N) is 1. The van der Waals surface area contributed by atoms with E-state index in [1.807, 2.05) is 30.3 Å². The first-order valence-corrected chi connectivity index (χ1v) is 9.82. The van der Waals surface area contributed by atoms with Crippen LogP contribution < -0.4 is 5.56 Å². The van der Waals surface area contributed by atoms with Crippen LogP contribution in [0, 0.1) is 0 Å². The molecule has 2 aromatic carbocycles. The topological polar surface area (TPSA) is 62.8 Å². The molecule has 0 fully saturated rings. The quantitative estimate of drug-likeness (QED) is 0.465. The number of halogens is 1. The third-order valence-corrected chi connectivity index (χ3v) is 5.70. The van der Waals surface area contributed by atoms with Gasteiger partial charge in [0.05, 0.1) is 5.56 Å². The van der Waals surface area contributed by atoms with Gasteiger partial charge < -0.3 is 4.98 Å². The summed E-state index contributed by atoms with van der Waals surface area (Å²) in [5.41, 5.74) is 1.04. The average molecular weight is 407 g/mol. The Bertz CT molecular complexity index is 1220. The smallest absolute Gasteiger partial charge is 0.255 e. The van der Waals surface area contributed by atoms with Crippen molar-refractivity contribution in [2.24, 2.45) is 0 Å². The molecule has 4 nitrogen and oxygen atoms in total. The fraction of sp³-hybridized carbons (Fsp3) is 0.0455. The third kappa shape index (κ3) is 3.86. The number of carbonyl (C=O) groups excluding carboxylic acids is 1. The summed E-state index contributed by atoms with van der Waals surface area (Å²) in [6.45, 7) is 0. The predicted molar refractivity (Wildman–Crippen MR) is 112 cm³/mol. The van der Waals surface area contributed by atoms with Crippen molar-refractivity contribution in [2.45, 2.75) is 16.3 Å². The molecule has 0 aliphatic rings. The largest absolute Gasteiger partial charge is 0.329 e. The van der Waals surface area contributed by atoms with E-state index in [0.717, 1.165) is 10.3 Å². The van der Waals surface area contributed by atoms with Gasteiger partial charge in [0.1, 0.15) is 5.03 Å². The lowest BCUT2D eigenvalue weighted by Gasteiger charge is -2.09. The number of H-pyrrole nitrogens is 1. The van der Waals surface area contributed by atoms with Gasteiger partial charge in [-0.1, -0.05) is 41.6 Å². The number of pyridine rings is 2. The minimum atomic E-state index is -0.203. The molecule has 6 heteroatoms. The highest BCUT2D eigenvalue weighted by Gasteiger charge is 2.16. The van der Waals surface area contributed by atoms with E-state index in [4.69, 9.17) is 11.6 Å². The second kappa shape index (κ2) is 8.00. The van der Waals surface area contributed by atoms with Gasteiger partial charge in [0.25, 0.3) is 5.56 Å². The molecule has 0 saturated heterocycles. The van der Waals surface area contributed by atoms with E-state index in [1.54, 1.807) is 42.7 Å². The minimum absolute atomic E-state index is 0.0716. The Labute approximate surface area is 170 Å². The third-order valence-electron chi connectivity index (χ3n) is 4.32. The molecule has 0 saturated carbocycles. The molecule has 138 valence electrons. The number of nitrogens with zero attached hydrogens (tertiary/aromatic N) is 1. The summed E-state index contributed by atoms with van der Waals surface area (Å²) in [6.07, 6.45) is 3.40. The second-order valence-corrected chi connectivity index (χ2v) is 7.68. The van der Waals surface area contributed by atoms with E-state index >= 15 is 0 Å². The number of ketones is 1. The van der Waals surface area contributed by atoms with Crippen molar-refractivity contribution in [2.75, 3.05) is 0 Å². The summed E-state index contributed by atoms with van der Waals surface area (Å²) >= 11 is 7.80. The molecular weight excluding hydrogens is 392 g/mol. The van der Waals surface area contributed by atoms with Crippen molar-refractivity contribution in [1.29, 1.82) is 0 Å². The lowest BCUT2D eigenvalue weighted by molar-refractivity contribution is 0.0989. The molecule has 0 unspecified atom stereocenters. The van der Waals surface area contributed by atoms with Gasteiger partial charge in [-0.25, -0.2) is 4.98 Å². The van der Waals surface area contributed by atoms with Crippen molar-refractivity contribution >= 4 is 39.9 Å². The van der Waals surface area contributed by atoms with Crippen molar-refractivity contribution < 1.29 is 4.79 Å². The number of fused-ring (bicyclic) bond motifs is 1. The zero-order chi connectivity index (χ0) is 19.5. The Morgan fingerprint density at radius 2 is 1.89 bits per heavy atom. The van der Waals surface area contributed by atoms with Crippen LogP contribution >= 0.6 is 23.4 Å². The fourth-order valence-electron chi connectivity index (χ4n) is 2.94. The van der Waals surface area contributed by atoms with Crippen LogP contribution in [0.3, 0.4) is 0 Å². The Kier molecular flexibility index (Phi) is 5.28. The number of benzene rings is 2. The first kappa shape index (κ1) is 18.5. The zero-order valence-corrected chi connectivity index (χ0v) is 16.3. The van der Waals surface area contributed by atoms with Gasteiger partial charge in [-0.3, -0.25) is 9.59 Å². The monoisotopic (exact) mass is 406 g/mol. The summed E-state index contributed by atoms with van der Waals surface area (Å²) in [4.78, 5) is 32.9. The summed E-state index contributed by atoms with van der Waals surface area (Å²) < 4.78 is 0. The number of hydrogen-bond donors (Lipinski definition) is 1. The molecule has 4 aromatic rings. The van der Waals surface area contributed by atoms with E-state index in [0.29, 0.717) is 26.6 Å². The molecule has 2 heterocycles. The molecule has 0 aliphatic carbocycles. The van der Waals surface area contributed by atoms with Crippen molar-refractivity contribution in [1.82, 2.24) is 9.97 Å². The van der Waals surface area contributed by atoms with E-state index in [2.05, 4.69) is 9.97 Å². The molecule has 0 atom stereocenters. The fourth-order valence-corrected chi connectivity index (χ4v) is 4.10. The number of carbonyl (C=O) groups is 1. The standard InChI is InChI=1S/C22H15ClN2O2S/c23-19-13-18-14(8-10-24-21(18)27)11-15(19)12-20(26)17-7-4-9-25-22(17)28-16-5-2-1-3-6-16/h1-11,13H,12H2,(H,24,27). The molecule has 0 bridgehead atoms. The van der Waals surface area contributed by atoms with Crippen molar-refractivity contribution in [3.8, 4) is 0 Å². The molecule has 0 aliphatic heterocycles. The van der Waals surface area contributed by atoms with Crippen LogP contribution in [0.15, 0.2) is 87.8 Å². The maximum Gasteiger partial charge on any atom is 0.255 e. The summed E-state index contributed by atoms with van der Waals surface area (Å²) in [5, 5.41) is 2.32. The number of rotatable bonds is 5. The molecule has 0 spiro atoms. The first-order chi connectivity index (χ1) is 13.6. The molecule has 4 rings (SSSR count).